The molecule has 0 saturated carbocycles. The summed E-state index contributed by atoms with van der Waals surface area (Å²) in [4.78, 5) is 2.33. The molecule has 2 nitrogen and oxygen atoms in total. The normalized spacial score (nSPS) is 11.5. The third kappa shape index (κ3) is 5.30. The van der Waals surface area contributed by atoms with E-state index in [1.807, 2.05) is 12.1 Å². The molecule has 1 aromatic heterocycles. The van der Waals surface area contributed by atoms with Crippen LogP contribution >= 0.6 is 0 Å². The van der Waals surface area contributed by atoms with Gasteiger partial charge in [-0.3, -0.25) is 0 Å². The minimum Gasteiger partial charge on any atom is -0.456 e. The summed E-state index contributed by atoms with van der Waals surface area (Å²) in [5, 5.41) is 7.27. The smallest absolute Gasteiger partial charge is 0.136 e. The largest absolute Gasteiger partial charge is 0.456 e. The van der Waals surface area contributed by atoms with Crippen molar-refractivity contribution in [3.8, 4) is 33.4 Å². The second-order valence-electron chi connectivity index (χ2n) is 13.4. The van der Waals surface area contributed by atoms with Gasteiger partial charge in [0.25, 0.3) is 0 Å². The summed E-state index contributed by atoms with van der Waals surface area (Å²) < 4.78 is 6.19. The van der Waals surface area contributed by atoms with Gasteiger partial charge in [0.05, 0.1) is 0 Å². The third-order valence-electron chi connectivity index (χ3n) is 10.2. The van der Waals surface area contributed by atoms with Gasteiger partial charge in [0, 0.05) is 27.8 Å². The summed E-state index contributed by atoms with van der Waals surface area (Å²) >= 11 is 0. The van der Waals surface area contributed by atoms with E-state index in [1.54, 1.807) is 0 Å². The molecule has 0 bridgehead atoms. The van der Waals surface area contributed by atoms with Crippen LogP contribution in [0.25, 0.3) is 76.9 Å². The lowest BCUT2D eigenvalue weighted by Crippen LogP contribution is -2.09. The number of rotatable bonds is 6. The van der Waals surface area contributed by atoms with Gasteiger partial charge in [0.1, 0.15) is 11.2 Å². The zero-order valence-corrected chi connectivity index (χ0v) is 28.4. The molecule has 10 aromatic rings. The third-order valence-corrected chi connectivity index (χ3v) is 10.2. The van der Waals surface area contributed by atoms with Crippen LogP contribution in [-0.4, -0.2) is 0 Å². The van der Waals surface area contributed by atoms with Crippen molar-refractivity contribution in [3.05, 3.63) is 200 Å². The summed E-state index contributed by atoms with van der Waals surface area (Å²) in [6.45, 7) is 0. The highest BCUT2D eigenvalue weighted by molar-refractivity contribution is 6.12. The Hall–Kier alpha value is -6.90. The highest BCUT2D eigenvalue weighted by Gasteiger charge is 2.16. The maximum absolute atomic E-state index is 6.19. The number of para-hydroxylation sites is 2. The fourth-order valence-corrected chi connectivity index (χ4v) is 7.63. The molecule has 0 aliphatic rings. The molecule has 10 rings (SSSR count). The fraction of sp³-hybridized carbons (Fsp3) is 0. The Morgan fingerprint density at radius 3 is 1.58 bits per heavy atom. The summed E-state index contributed by atoms with van der Waals surface area (Å²) in [7, 11) is 0. The van der Waals surface area contributed by atoms with E-state index in [-0.39, 0.29) is 0 Å². The number of hydrogen-bond donors (Lipinski definition) is 0. The summed E-state index contributed by atoms with van der Waals surface area (Å²) in [6.07, 6.45) is 0. The average molecular weight is 664 g/mol. The van der Waals surface area contributed by atoms with E-state index in [0.717, 1.165) is 44.6 Å². The van der Waals surface area contributed by atoms with E-state index in [4.69, 9.17) is 4.42 Å². The minimum atomic E-state index is 0.907. The van der Waals surface area contributed by atoms with E-state index in [2.05, 4.69) is 193 Å². The van der Waals surface area contributed by atoms with Crippen molar-refractivity contribution >= 4 is 60.5 Å². The van der Waals surface area contributed by atoms with Crippen molar-refractivity contribution in [2.45, 2.75) is 0 Å². The second kappa shape index (κ2) is 12.5. The van der Waals surface area contributed by atoms with Gasteiger partial charge < -0.3 is 9.32 Å². The van der Waals surface area contributed by atoms with Gasteiger partial charge in [-0.1, -0.05) is 133 Å². The highest BCUT2D eigenvalue weighted by Crippen LogP contribution is 2.40. The molecule has 0 aliphatic heterocycles. The Kier molecular flexibility index (Phi) is 7.18. The molecule has 0 fully saturated rings. The summed E-state index contributed by atoms with van der Waals surface area (Å²) in [6, 6.07) is 71.8. The predicted octanol–water partition coefficient (Wildman–Crippen LogP) is 14.4. The number of fused-ring (bicyclic) bond motifs is 5. The predicted molar refractivity (Wildman–Crippen MR) is 220 cm³/mol. The van der Waals surface area contributed by atoms with E-state index in [0.29, 0.717) is 0 Å². The first kappa shape index (κ1) is 30.0. The minimum absolute atomic E-state index is 0.907. The Labute approximate surface area is 302 Å². The maximum Gasteiger partial charge on any atom is 0.136 e. The quantitative estimate of drug-likeness (QED) is 0.176. The van der Waals surface area contributed by atoms with Crippen molar-refractivity contribution in [2.75, 3.05) is 4.90 Å². The van der Waals surface area contributed by atoms with Crippen LogP contribution in [0, 0.1) is 0 Å². The Balaban J connectivity index is 1.00. The van der Waals surface area contributed by atoms with Gasteiger partial charge in [-0.25, -0.2) is 0 Å². The Morgan fingerprint density at radius 2 is 0.827 bits per heavy atom. The van der Waals surface area contributed by atoms with Crippen LogP contribution in [0.5, 0.6) is 0 Å². The monoisotopic (exact) mass is 663 g/mol. The molecule has 0 atom stereocenters. The van der Waals surface area contributed by atoms with Crippen molar-refractivity contribution in [2.24, 2.45) is 0 Å². The van der Waals surface area contributed by atoms with E-state index < -0.39 is 0 Å². The molecule has 52 heavy (non-hydrogen) atoms. The fourth-order valence-electron chi connectivity index (χ4n) is 7.63. The van der Waals surface area contributed by atoms with Gasteiger partial charge >= 0.3 is 0 Å². The van der Waals surface area contributed by atoms with Gasteiger partial charge in [0.2, 0.25) is 0 Å². The van der Waals surface area contributed by atoms with Crippen molar-refractivity contribution < 1.29 is 4.42 Å². The van der Waals surface area contributed by atoms with Crippen LogP contribution in [0.4, 0.5) is 17.1 Å². The van der Waals surface area contributed by atoms with Crippen LogP contribution in [-0.2, 0) is 0 Å². The van der Waals surface area contributed by atoms with Crippen LogP contribution < -0.4 is 4.90 Å². The van der Waals surface area contributed by atoms with Crippen LogP contribution in [0.15, 0.2) is 205 Å². The molecule has 0 amide bonds. The molecule has 1 heterocycles. The molecule has 9 aromatic carbocycles. The average Bonchev–Trinajstić information content (AvgIpc) is 3.60. The van der Waals surface area contributed by atoms with E-state index in [1.165, 1.54) is 49.4 Å². The molecule has 2 heteroatoms. The van der Waals surface area contributed by atoms with E-state index >= 15 is 0 Å². The lowest BCUT2D eigenvalue weighted by atomic mass is 9.96. The van der Waals surface area contributed by atoms with Crippen molar-refractivity contribution in [1.29, 1.82) is 0 Å². The molecule has 0 unspecified atom stereocenters. The Bertz CT molecular complexity index is 2900. The van der Waals surface area contributed by atoms with Gasteiger partial charge in [-0.05, 0) is 122 Å². The second-order valence-corrected chi connectivity index (χ2v) is 13.4. The van der Waals surface area contributed by atoms with Crippen LogP contribution in [0.3, 0.4) is 0 Å². The first-order valence-corrected chi connectivity index (χ1v) is 17.7. The summed E-state index contributed by atoms with van der Waals surface area (Å²) in [5.74, 6) is 0. The molecule has 0 aliphatic carbocycles. The topological polar surface area (TPSA) is 16.4 Å². The SMILES string of the molecule is c1ccc(N(c2ccc(-c3cccc4oc5ccccc5c34)cc2)c2cccc(-c3ccc4cc(-c5ccc6ccccc6c5)ccc4c3)c2)cc1. The summed E-state index contributed by atoms with van der Waals surface area (Å²) in [5.41, 5.74) is 12.3. The standard InChI is InChI=1S/C50H33NO/c1-2-13-43(14-3-1)51(44-28-26-35(27-29-44)46-17-9-19-49-50(46)47-16-6-7-18-48(47)52-49)45-15-8-12-37(33-45)38-22-23-42-32-41(25-24-40(42)31-38)39-21-20-34-10-4-5-11-36(34)30-39/h1-33H. The first-order valence-electron chi connectivity index (χ1n) is 17.7. The molecule has 0 radical (unpaired) electrons. The van der Waals surface area contributed by atoms with Gasteiger partial charge in [0.15, 0.2) is 0 Å². The zero-order valence-electron chi connectivity index (χ0n) is 28.4. The number of furan rings is 1. The highest BCUT2D eigenvalue weighted by atomic mass is 16.3. The van der Waals surface area contributed by atoms with Gasteiger partial charge in [-0.2, -0.15) is 0 Å². The maximum atomic E-state index is 6.19. The Morgan fingerprint density at radius 1 is 0.308 bits per heavy atom. The molecule has 0 saturated heterocycles. The number of anilines is 3. The van der Waals surface area contributed by atoms with Crippen molar-refractivity contribution in [1.82, 2.24) is 0 Å². The molecular formula is C50H33NO. The molecule has 244 valence electrons. The molecule has 0 spiro atoms. The zero-order chi connectivity index (χ0) is 34.4. The van der Waals surface area contributed by atoms with Crippen molar-refractivity contribution in [3.63, 3.8) is 0 Å². The first-order chi connectivity index (χ1) is 25.7. The molecular weight excluding hydrogens is 631 g/mol. The van der Waals surface area contributed by atoms with Crippen LogP contribution in [0.1, 0.15) is 0 Å². The molecule has 0 N–H and O–H groups in total. The van der Waals surface area contributed by atoms with Crippen LogP contribution in [0.2, 0.25) is 0 Å². The number of nitrogens with zero attached hydrogens (tertiary/aromatic N) is 1. The number of hydrogen-bond acceptors (Lipinski definition) is 2. The van der Waals surface area contributed by atoms with E-state index in [9.17, 15) is 0 Å². The number of benzene rings is 9. The lowest BCUT2D eigenvalue weighted by Gasteiger charge is -2.26. The van der Waals surface area contributed by atoms with Gasteiger partial charge in [-0.15, -0.1) is 0 Å². The lowest BCUT2D eigenvalue weighted by molar-refractivity contribution is 0.669.